The highest BCUT2D eigenvalue weighted by Gasteiger charge is 2.20. The van der Waals surface area contributed by atoms with Gasteiger partial charge in [0.05, 0.1) is 6.61 Å². The van der Waals surface area contributed by atoms with Gasteiger partial charge < -0.3 is 20.4 Å². The fourth-order valence-electron chi connectivity index (χ4n) is 2.72. The number of ether oxygens (including phenoxy) is 1. The SMILES string of the molecule is Cc1cc(OCCC=NN=C(N)N)cc(OS(=O)(=O)c2cccc3cnccc23)c1. The van der Waals surface area contributed by atoms with Gasteiger partial charge >= 0.3 is 10.1 Å². The van der Waals surface area contributed by atoms with E-state index in [0.29, 0.717) is 29.5 Å². The molecule has 0 radical (unpaired) electrons. The minimum atomic E-state index is -4.06. The molecule has 0 aliphatic heterocycles. The van der Waals surface area contributed by atoms with E-state index in [2.05, 4.69) is 15.2 Å². The van der Waals surface area contributed by atoms with Crippen LogP contribution in [0.1, 0.15) is 12.0 Å². The van der Waals surface area contributed by atoms with Crippen LogP contribution < -0.4 is 20.4 Å². The monoisotopic (exact) mass is 427 g/mol. The Bertz CT molecular complexity index is 1200. The molecule has 0 fully saturated rings. The number of nitrogens with two attached hydrogens (primary N) is 2. The number of hydrogen-bond donors (Lipinski definition) is 2. The molecule has 4 N–H and O–H groups in total. The van der Waals surface area contributed by atoms with E-state index in [0.717, 1.165) is 5.56 Å². The summed E-state index contributed by atoms with van der Waals surface area (Å²) in [4.78, 5) is 4.09. The fourth-order valence-corrected chi connectivity index (χ4v) is 3.86. The molecule has 0 unspecified atom stereocenters. The third-order valence-electron chi connectivity index (χ3n) is 3.91. The van der Waals surface area contributed by atoms with Crippen LogP contribution in [0.25, 0.3) is 10.8 Å². The fraction of sp³-hybridized carbons (Fsp3) is 0.150. The van der Waals surface area contributed by atoms with Crippen LogP contribution in [0.5, 0.6) is 11.5 Å². The van der Waals surface area contributed by atoms with Crippen molar-refractivity contribution >= 4 is 33.1 Å². The molecule has 0 saturated carbocycles. The van der Waals surface area contributed by atoms with Gasteiger partial charge in [-0.2, -0.15) is 13.5 Å². The lowest BCUT2D eigenvalue weighted by molar-refractivity contribution is 0.329. The van der Waals surface area contributed by atoms with Crippen molar-refractivity contribution in [1.82, 2.24) is 4.98 Å². The first-order chi connectivity index (χ1) is 14.3. The van der Waals surface area contributed by atoms with Crippen LogP contribution in [0.2, 0.25) is 0 Å². The zero-order valence-corrected chi connectivity index (χ0v) is 17.0. The number of fused-ring (bicyclic) bond motifs is 1. The summed E-state index contributed by atoms with van der Waals surface area (Å²) in [7, 11) is -4.06. The number of aromatic nitrogens is 1. The Kier molecular flexibility index (Phi) is 6.48. The molecule has 9 nitrogen and oxygen atoms in total. The molecule has 30 heavy (non-hydrogen) atoms. The summed E-state index contributed by atoms with van der Waals surface area (Å²) in [6, 6.07) is 11.5. The Balaban J connectivity index is 1.76. The second-order valence-corrected chi connectivity index (χ2v) is 7.85. The van der Waals surface area contributed by atoms with Crippen LogP contribution in [-0.2, 0) is 10.1 Å². The summed E-state index contributed by atoms with van der Waals surface area (Å²) in [5, 5.41) is 8.40. The maximum atomic E-state index is 12.9. The highest BCUT2D eigenvalue weighted by atomic mass is 32.2. The van der Waals surface area contributed by atoms with Crippen molar-refractivity contribution in [2.75, 3.05) is 6.61 Å². The Morgan fingerprint density at radius 1 is 1.17 bits per heavy atom. The van der Waals surface area contributed by atoms with E-state index < -0.39 is 10.1 Å². The molecule has 0 spiro atoms. The lowest BCUT2D eigenvalue weighted by atomic mass is 10.2. The number of aryl methyl sites for hydroxylation is 1. The Morgan fingerprint density at radius 3 is 2.77 bits per heavy atom. The summed E-state index contributed by atoms with van der Waals surface area (Å²) in [5.74, 6) is 0.499. The molecule has 0 atom stereocenters. The van der Waals surface area contributed by atoms with E-state index in [4.69, 9.17) is 20.4 Å². The Hall–Kier alpha value is -3.66. The van der Waals surface area contributed by atoms with Gasteiger partial charge in [-0.1, -0.05) is 12.1 Å². The van der Waals surface area contributed by atoms with Crippen LogP contribution in [-0.4, -0.2) is 32.2 Å². The largest absolute Gasteiger partial charge is 0.493 e. The van der Waals surface area contributed by atoms with Crippen molar-refractivity contribution < 1.29 is 17.3 Å². The van der Waals surface area contributed by atoms with Crippen LogP contribution in [0, 0.1) is 6.92 Å². The summed E-state index contributed by atoms with van der Waals surface area (Å²) < 4.78 is 36.8. The zero-order chi connectivity index (χ0) is 21.6. The summed E-state index contributed by atoms with van der Waals surface area (Å²) >= 11 is 0. The highest BCUT2D eigenvalue weighted by molar-refractivity contribution is 7.87. The van der Waals surface area contributed by atoms with E-state index >= 15 is 0 Å². The molecular formula is C20H21N5O4S. The summed E-state index contributed by atoms with van der Waals surface area (Å²) in [5.41, 5.74) is 11.1. The van der Waals surface area contributed by atoms with Gasteiger partial charge in [-0.3, -0.25) is 4.98 Å². The van der Waals surface area contributed by atoms with Gasteiger partial charge in [0.1, 0.15) is 16.4 Å². The Labute approximate surface area is 174 Å². The Morgan fingerprint density at radius 2 is 1.97 bits per heavy atom. The quantitative estimate of drug-likeness (QED) is 0.185. The van der Waals surface area contributed by atoms with E-state index in [1.54, 1.807) is 36.5 Å². The first-order valence-corrected chi connectivity index (χ1v) is 10.4. The molecule has 2 aromatic carbocycles. The second-order valence-electron chi connectivity index (χ2n) is 6.33. The van der Waals surface area contributed by atoms with Crippen LogP contribution in [0.4, 0.5) is 0 Å². The van der Waals surface area contributed by atoms with Crippen molar-refractivity contribution in [3.05, 3.63) is 60.4 Å². The molecule has 0 amide bonds. The molecule has 10 heteroatoms. The van der Waals surface area contributed by atoms with Gasteiger partial charge in [0.15, 0.2) is 0 Å². The third kappa shape index (κ3) is 5.45. The molecule has 0 saturated heterocycles. The van der Waals surface area contributed by atoms with Gasteiger partial charge in [-0.15, -0.1) is 5.10 Å². The van der Waals surface area contributed by atoms with E-state index in [-0.39, 0.29) is 16.6 Å². The maximum absolute atomic E-state index is 12.9. The summed E-state index contributed by atoms with van der Waals surface area (Å²) in [6.07, 6.45) is 5.11. The molecule has 0 aliphatic rings. The predicted molar refractivity (Wildman–Crippen MR) is 115 cm³/mol. The third-order valence-corrected chi connectivity index (χ3v) is 5.22. The molecule has 1 aromatic heterocycles. The van der Waals surface area contributed by atoms with Crippen molar-refractivity contribution in [2.24, 2.45) is 21.7 Å². The number of rotatable bonds is 8. The molecule has 1 heterocycles. The van der Waals surface area contributed by atoms with Crippen LogP contribution >= 0.6 is 0 Å². The maximum Gasteiger partial charge on any atom is 0.339 e. The first kappa shape index (κ1) is 21.1. The van der Waals surface area contributed by atoms with Crippen molar-refractivity contribution in [3.63, 3.8) is 0 Å². The first-order valence-electron chi connectivity index (χ1n) is 8.97. The minimum absolute atomic E-state index is 0.0716. The van der Waals surface area contributed by atoms with E-state index in [1.165, 1.54) is 24.5 Å². The number of benzene rings is 2. The molecule has 3 rings (SSSR count). The zero-order valence-electron chi connectivity index (χ0n) is 16.2. The second kappa shape index (κ2) is 9.23. The lowest BCUT2D eigenvalue weighted by Gasteiger charge is -2.12. The van der Waals surface area contributed by atoms with Gasteiger partial charge in [0.25, 0.3) is 0 Å². The smallest absolute Gasteiger partial charge is 0.339 e. The number of nitrogens with zero attached hydrogens (tertiary/aromatic N) is 3. The summed E-state index contributed by atoms with van der Waals surface area (Å²) in [6.45, 7) is 2.12. The van der Waals surface area contributed by atoms with Crippen LogP contribution in [0.3, 0.4) is 0 Å². The molecule has 0 aliphatic carbocycles. The number of pyridine rings is 1. The van der Waals surface area contributed by atoms with Crippen molar-refractivity contribution in [3.8, 4) is 11.5 Å². The topological polar surface area (TPSA) is 142 Å². The van der Waals surface area contributed by atoms with Crippen molar-refractivity contribution in [1.29, 1.82) is 0 Å². The number of hydrogen-bond acceptors (Lipinski definition) is 7. The average Bonchev–Trinajstić information content (AvgIpc) is 2.69. The normalized spacial score (nSPS) is 11.5. The highest BCUT2D eigenvalue weighted by Crippen LogP contribution is 2.28. The molecular weight excluding hydrogens is 406 g/mol. The van der Waals surface area contributed by atoms with Gasteiger partial charge in [0.2, 0.25) is 5.96 Å². The van der Waals surface area contributed by atoms with E-state index in [1.807, 2.05) is 6.92 Å². The van der Waals surface area contributed by atoms with Gasteiger partial charge in [-0.05, 0) is 36.8 Å². The predicted octanol–water partition coefficient (Wildman–Crippen LogP) is 2.34. The van der Waals surface area contributed by atoms with Crippen LogP contribution in [0.15, 0.2) is 70.0 Å². The molecule has 3 aromatic rings. The standard InChI is InChI=1S/C20H21N5O4S/c1-14-10-16(28-9-3-7-24-25-20(21)22)12-17(11-14)29-30(26,27)19-5-2-4-15-13-23-8-6-18(15)19/h2,4-8,10-13H,3,9H2,1H3,(H4,21,22,25). The lowest BCUT2D eigenvalue weighted by Crippen LogP contribution is -2.21. The molecule has 0 bridgehead atoms. The average molecular weight is 427 g/mol. The molecule has 156 valence electrons. The van der Waals surface area contributed by atoms with Gasteiger partial charge in [0, 0.05) is 41.9 Å². The minimum Gasteiger partial charge on any atom is -0.493 e. The van der Waals surface area contributed by atoms with Gasteiger partial charge in [-0.25, -0.2) is 0 Å². The number of guanidine groups is 1. The van der Waals surface area contributed by atoms with E-state index in [9.17, 15) is 8.42 Å². The van der Waals surface area contributed by atoms with Crippen molar-refractivity contribution in [2.45, 2.75) is 18.2 Å².